The molecule has 0 radical (unpaired) electrons. The topological polar surface area (TPSA) is 44.4 Å². The molecule has 4 nitrogen and oxygen atoms in total. The number of rotatable bonds is 5. The molecule has 0 saturated carbocycles. The SMILES string of the molecule is C/C=C(\NC(CC)CC)C1NC(=O)C2=CC=CCC2N1C. The highest BCUT2D eigenvalue weighted by atomic mass is 16.2. The second-order valence-corrected chi connectivity index (χ2v) is 5.74. The van der Waals surface area contributed by atoms with Crippen LogP contribution in [0.2, 0.25) is 0 Å². The van der Waals surface area contributed by atoms with Gasteiger partial charge in [-0.1, -0.05) is 38.2 Å². The Labute approximate surface area is 128 Å². The first-order valence-corrected chi connectivity index (χ1v) is 7.94. The Morgan fingerprint density at radius 3 is 2.86 bits per heavy atom. The first-order valence-electron chi connectivity index (χ1n) is 7.94. The van der Waals surface area contributed by atoms with Crippen LogP contribution in [0.5, 0.6) is 0 Å². The third-order valence-electron chi connectivity index (χ3n) is 4.52. The first kappa shape index (κ1) is 15.8. The molecule has 0 aromatic rings. The van der Waals surface area contributed by atoms with Crippen molar-refractivity contribution in [3.63, 3.8) is 0 Å². The average molecular weight is 289 g/mol. The van der Waals surface area contributed by atoms with Gasteiger partial charge in [0.1, 0.15) is 6.17 Å². The standard InChI is InChI=1S/C17H27N3O/c1-5-12(6-2)18-14(7-3)16-19-17(21)13-10-8-9-11-15(13)20(16)4/h7-10,12,15-16,18H,5-6,11H2,1-4H3,(H,19,21)/b14-7-. The van der Waals surface area contributed by atoms with Crippen LogP contribution in [0.15, 0.2) is 35.6 Å². The van der Waals surface area contributed by atoms with Gasteiger partial charge in [-0.05, 0) is 33.2 Å². The van der Waals surface area contributed by atoms with E-state index in [4.69, 9.17) is 0 Å². The highest BCUT2D eigenvalue weighted by molar-refractivity contribution is 5.96. The normalized spacial score (nSPS) is 26.4. The van der Waals surface area contributed by atoms with E-state index in [-0.39, 0.29) is 18.1 Å². The van der Waals surface area contributed by atoms with Gasteiger partial charge >= 0.3 is 0 Å². The molecule has 1 amide bonds. The van der Waals surface area contributed by atoms with Crippen LogP contribution in [-0.4, -0.2) is 36.1 Å². The van der Waals surface area contributed by atoms with E-state index in [1.54, 1.807) is 0 Å². The minimum atomic E-state index is -0.0725. The predicted molar refractivity (Wildman–Crippen MR) is 86.6 cm³/mol. The van der Waals surface area contributed by atoms with E-state index in [1.807, 2.05) is 19.1 Å². The van der Waals surface area contributed by atoms with Gasteiger partial charge in [0.15, 0.2) is 0 Å². The van der Waals surface area contributed by atoms with Crippen LogP contribution in [0, 0.1) is 0 Å². The summed E-state index contributed by atoms with van der Waals surface area (Å²) in [6.45, 7) is 6.39. The van der Waals surface area contributed by atoms with Crippen LogP contribution < -0.4 is 10.6 Å². The van der Waals surface area contributed by atoms with Crippen molar-refractivity contribution in [2.24, 2.45) is 0 Å². The van der Waals surface area contributed by atoms with Crippen molar-refractivity contribution in [1.82, 2.24) is 15.5 Å². The van der Waals surface area contributed by atoms with E-state index in [1.165, 1.54) is 0 Å². The van der Waals surface area contributed by atoms with Crippen LogP contribution in [0.25, 0.3) is 0 Å². The second-order valence-electron chi connectivity index (χ2n) is 5.74. The van der Waals surface area contributed by atoms with Crippen LogP contribution >= 0.6 is 0 Å². The van der Waals surface area contributed by atoms with Crippen molar-refractivity contribution in [2.75, 3.05) is 7.05 Å². The van der Waals surface area contributed by atoms with Crippen molar-refractivity contribution in [3.05, 3.63) is 35.6 Å². The third-order valence-corrected chi connectivity index (χ3v) is 4.52. The molecule has 2 atom stereocenters. The molecule has 1 aliphatic heterocycles. The fourth-order valence-electron chi connectivity index (χ4n) is 3.06. The molecule has 21 heavy (non-hydrogen) atoms. The maximum absolute atomic E-state index is 12.3. The molecule has 0 bridgehead atoms. The van der Waals surface area contributed by atoms with E-state index >= 15 is 0 Å². The number of hydrogen-bond acceptors (Lipinski definition) is 3. The first-order chi connectivity index (χ1) is 10.1. The summed E-state index contributed by atoms with van der Waals surface area (Å²) in [4.78, 5) is 14.6. The molecule has 0 aromatic carbocycles. The van der Waals surface area contributed by atoms with Crippen LogP contribution in [-0.2, 0) is 4.79 Å². The molecule has 116 valence electrons. The van der Waals surface area contributed by atoms with Crippen molar-refractivity contribution >= 4 is 5.91 Å². The van der Waals surface area contributed by atoms with E-state index in [0.717, 1.165) is 30.5 Å². The van der Waals surface area contributed by atoms with Crippen molar-refractivity contribution in [3.8, 4) is 0 Å². The number of carbonyl (C=O) groups is 1. The summed E-state index contributed by atoms with van der Waals surface area (Å²) < 4.78 is 0. The number of carbonyl (C=O) groups excluding carboxylic acids is 1. The number of nitrogens with zero attached hydrogens (tertiary/aromatic N) is 1. The summed E-state index contributed by atoms with van der Waals surface area (Å²) in [6, 6.07) is 0.622. The summed E-state index contributed by atoms with van der Waals surface area (Å²) in [6.07, 6.45) is 11.1. The molecule has 0 aromatic heterocycles. The molecule has 1 fully saturated rings. The Balaban J connectivity index is 2.17. The number of likely N-dealkylation sites (N-methyl/N-ethyl adjacent to an activating group) is 1. The number of hydrogen-bond donors (Lipinski definition) is 2. The van der Waals surface area contributed by atoms with Gasteiger partial charge in [0.2, 0.25) is 5.91 Å². The second kappa shape index (κ2) is 6.94. The van der Waals surface area contributed by atoms with Crippen LogP contribution in [0.4, 0.5) is 0 Å². The Hall–Kier alpha value is -1.55. The lowest BCUT2D eigenvalue weighted by atomic mass is 9.93. The average Bonchev–Trinajstić information content (AvgIpc) is 2.53. The van der Waals surface area contributed by atoms with E-state index in [9.17, 15) is 4.79 Å². The largest absolute Gasteiger partial charge is 0.383 e. The van der Waals surface area contributed by atoms with Gasteiger partial charge in [0.05, 0.1) is 0 Å². The summed E-state index contributed by atoms with van der Waals surface area (Å²) >= 11 is 0. The Morgan fingerprint density at radius 2 is 2.24 bits per heavy atom. The Bertz CT molecular complexity index is 474. The fraction of sp³-hybridized carbons (Fsp3) is 0.588. The third kappa shape index (κ3) is 3.21. The molecule has 4 heteroatoms. The van der Waals surface area contributed by atoms with Crippen molar-refractivity contribution in [1.29, 1.82) is 0 Å². The molecule has 1 saturated heterocycles. The Morgan fingerprint density at radius 1 is 1.52 bits per heavy atom. The van der Waals surface area contributed by atoms with Crippen LogP contribution in [0.3, 0.4) is 0 Å². The molecule has 2 aliphatic rings. The highest BCUT2D eigenvalue weighted by Gasteiger charge is 2.37. The zero-order chi connectivity index (χ0) is 15.4. The molecule has 2 N–H and O–H groups in total. The maximum Gasteiger partial charge on any atom is 0.250 e. The molecule has 2 rings (SSSR count). The smallest absolute Gasteiger partial charge is 0.250 e. The molecule has 0 spiro atoms. The number of nitrogens with one attached hydrogen (secondary N) is 2. The minimum Gasteiger partial charge on any atom is -0.383 e. The molecule has 1 heterocycles. The summed E-state index contributed by atoms with van der Waals surface area (Å²) in [5, 5.41) is 6.71. The molecule has 1 aliphatic carbocycles. The quantitative estimate of drug-likeness (QED) is 0.816. The van der Waals surface area contributed by atoms with Gasteiger partial charge in [-0.25, -0.2) is 0 Å². The summed E-state index contributed by atoms with van der Waals surface area (Å²) in [5.41, 5.74) is 1.96. The minimum absolute atomic E-state index is 0.0538. The lowest BCUT2D eigenvalue weighted by molar-refractivity contribution is -0.122. The number of amides is 1. The van der Waals surface area contributed by atoms with Crippen molar-refractivity contribution < 1.29 is 4.79 Å². The van der Waals surface area contributed by atoms with Gasteiger partial charge in [-0.2, -0.15) is 0 Å². The van der Waals surface area contributed by atoms with E-state index < -0.39 is 0 Å². The fourth-order valence-corrected chi connectivity index (χ4v) is 3.06. The van der Waals surface area contributed by atoms with E-state index in [2.05, 4.69) is 48.6 Å². The lowest BCUT2D eigenvalue weighted by Crippen LogP contribution is -2.61. The summed E-state index contributed by atoms with van der Waals surface area (Å²) in [7, 11) is 2.08. The van der Waals surface area contributed by atoms with Gasteiger partial charge in [0, 0.05) is 23.4 Å². The molecular weight excluding hydrogens is 262 g/mol. The maximum atomic E-state index is 12.3. The van der Waals surface area contributed by atoms with Gasteiger partial charge in [0.25, 0.3) is 0 Å². The van der Waals surface area contributed by atoms with Gasteiger partial charge < -0.3 is 10.6 Å². The van der Waals surface area contributed by atoms with Crippen molar-refractivity contribution in [2.45, 2.75) is 58.3 Å². The summed E-state index contributed by atoms with van der Waals surface area (Å²) in [5.74, 6) is 0.0538. The number of allylic oxidation sites excluding steroid dienone is 3. The Kier molecular flexibility index (Phi) is 5.23. The highest BCUT2D eigenvalue weighted by Crippen LogP contribution is 2.26. The zero-order valence-corrected chi connectivity index (χ0v) is 13.5. The lowest BCUT2D eigenvalue weighted by Gasteiger charge is -2.43. The monoisotopic (exact) mass is 289 g/mol. The van der Waals surface area contributed by atoms with E-state index in [0.29, 0.717) is 6.04 Å². The predicted octanol–water partition coefficient (Wildman–Crippen LogP) is 2.31. The molecular formula is C17H27N3O. The number of fused-ring (bicyclic) bond motifs is 1. The van der Waals surface area contributed by atoms with Gasteiger partial charge in [-0.3, -0.25) is 9.69 Å². The van der Waals surface area contributed by atoms with Crippen LogP contribution in [0.1, 0.15) is 40.0 Å². The molecule has 2 unspecified atom stereocenters. The zero-order valence-electron chi connectivity index (χ0n) is 13.5. The van der Waals surface area contributed by atoms with Gasteiger partial charge in [-0.15, -0.1) is 0 Å².